The van der Waals surface area contributed by atoms with Crippen molar-refractivity contribution in [3.05, 3.63) is 35.6 Å². The van der Waals surface area contributed by atoms with Crippen molar-refractivity contribution >= 4 is 0 Å². The second kappa shape index (κ2) is 6.45. The third-order valence-electron chi connectivity index (χ3n) is 5.32. The van der Waals surface area contributed by atoms with Gasteiger partial charge in [0.1, 0.15) is 5.82 Å². The SMILES string of the molecule is CNC(c1ccccc1F)C1CCOC2(CCCCC2)C1. The van der Waals surface area contributed by atoms with Crippen LogP contribution in [-0.2, 0) is 4.74 Å². The number of halogens is 1. The minimum Gasteiger partial charge on any atom is -0.375 e. The molecule has 3 heteroatoms. The van der Waals surface area contributed by atoms with Crippen LogP contribution in [0.15, 0.2) is 24.3 Å². The van der Waals surface area contributed by atoms with Gasteiger partial charge in [0.25, 0.3) is 0 Å². The summed E-state index contributed by atoms with van der Waals surface area (Å²) in [4.78, 5) is 0. The van der Waals surface area contributed by atoms with E-state index in [1.54, 1.807) is 12.1 Å². The molecule has 2 nitrogen and oxygen atoms in total. The van der Waals surface area contributed by atoms with Crippen LogP contribution in [0.2, 0.25) is 0 Å². The van der Waals surface area contributed by atoms with E-state index in [1.807, 2.05) is 19.2 Å². The van der Waals surface area contributed by atoms with Crippen molar-refractivity contribution in [1.82, 2.24) is 5.32 Å². The van der Waals surface area contributed by atoms with Crippen LogP contribution in [0.5, 0.6) is 0 Å². The minimum absolute atomic E-state index is 0.0710. The summed E-state index contributed by atoms with van der Waals surface area (Å²) in [6, 6.07) is 7.26. The zero-order valence-electron chi connectivity index (χ0n) is 12.9. The lowest BCUT2D eigenvalue weighted by atomic mass is 9.73. The van der Waals surface area contributed by atoms with Crippen LogP contribution in [0.25, 0.3) is 0 Å². The van der Waals surface area contributed by atoms with E-state index in [2.05, 4.69) is 5.32 Å². The highest BCUT2D eigenvalue weighted by molar-refractivity contribution is 5.22. The second-order valence-electron chi connectivity index (χ2n) is 6.63. The number of hydrogen-bond acceptors (Lipinski definition) is 2. The highest BCUT2D eigenvalue weighted by atomic mass is 19.1. The molecule has 1 spiro atoms. The van der Waals surface area contributed by atoms with Gasteiger partial charge in [-0.15, -0.1) is 0 Å². The van der Waals surface area contributed by atoms with Crippen LogP contribution in [0.4, 0.5) is 4.39 Å². The monoisotopic (exact) mass is 291 g/mol. The topological polar surface area (TPSA) is 21.3 Å². The van der Waals surface area contributed by atoms with Crippen molar-refractivity contribution in [3.8, 4) is 0 Å². The zero-order valence-corrected chi connectivity index (χ0v) is 12.9. The van der Waals surface area contributed by atoms with E-state index in [1.165, 1.54) is 32.1 Å². The maximum atomic E-state index is 14.1. The van der Waals surface area contributed by atoms with Crippen molar-refractivity contribution in [2.24, 2.45) is 5.92 Å². The maximum absolute atomic E-state index is 14.1. The number of nitrogens with one attached hydrogen (secondary N) is 1. The van der Waals surface area contributed by atoms with E-state index in [0.29, 0.717) is 5.92 Å². The number of hydrogen-bond donors (Lipinski definition) is 1. The van der Waals surface area contributed by atoms with Crippen LogP contribution >= 0.6 is 0 Å². The normalized spacial score (nSPS) is 26.7. The summed E-state index contributed by atoms with van der Waals surface area (Å²) < 4.78 is 20.3. The van der Waals surface area contributed by atoms with Gasteiger partial charge in [0, 0.05) is 18.2 Å². The van der Waals surface area contributed by atoms with Crippen molar-refractivity contribution in [3.63, 3.8) is 0 Å². The molecule has 1 aliphatic heterocycles. The lowest BCUT2D eigenvalue weighted by Gasteiger charge is -2.45. The molecule has 1 aromatic rings. The zero-order chi connectivity index (χ0) is 14.7. The van der Waals surface area contributed by atoms with Gasteiger partial charge < -0.3 is 10.1 Å². The van der Waals surface area contributed by atoms with Gasteiger partial charge in [0.05, 0.1) is 5.60 Å². The average molecular weight is 291 g/mol. The quantitative estimate of drug-likeness (QED) is 0.900. The van der Waals surface area contributed by atoms with Crippen LogP contribution in [0, 0.1) is 11.7 Å². The van der Waals surface area contributed by atoms with E-state index in [-0.39, 0.29) is 17.5 Å². The summed E-state index contributed by atoms with van der Waals surface area (Å²) in [5.41, 5.74) is 0.875. The molecule has 0 amide bonds. The van der Waals surface area contributed by atoms with Crippen LogP contribution < -0.4 is 5.32 Å². The predicted molar refractivity (Wildman–Crippen MR) is 82.7 cm³/mol. The fraction of sp³-hybridized carbons (Fsp3) is 0.667. The molecule has 1 aromatic carbocycles. The summed E-state index contributed by atoms with van der Waals surface area (Å²) in [5, 5.41) is 3.36. The van der Waals surface area contributed by atoms with Gasteiger partial charge in [-0.3, -0.25) is 0 Å². The molecule has 0 bridgehead atoms. The Bertz CT molecular complexity index is 465. The first-order chi connectivity index (χ1) is 10.2. The summed E-state index contributed by atoms with van der Waals surface area (Å²) in [5.74, 6) is 0.361. The van der Waals surface area contributed by atoms with Gasteiger partial charge in [-0.25, -0.2) is 4.39 Å². The van der Waals surface area contributed by atoms with Gasteiger partial charge in [0.15, 0.2) is 0 Å². The molecule has 2 unspecified atom stereocenters. The number of rotatable bonds is 3. The maximum Gasteiger partial charge on any atom is 0.127 e. The standard InChI is InChI=1S/C18H26FNO/c1-20-17(15-7-3-4-8-16(15)19)14-9-12-21-18(13-14)10-5-2-6-11-18/h3-4,7-8,14,17,20H,2,5-6,9-13H2,1H3. The van der Waals surface area contributed by atoms with E-state index >= 15 is 0 Å². The summed E-state index contributed by atoms with van der Waals surface area (Å²) in [7, 11) is 1.94. The largest absolute Gasteiger partial charge is 0.375 e. The molecule has 1 saturated carbocycles. The molecule has 1 N–H and O–H groups in total. The van der Waals surface area contributed by atoms with Crippen molar-refractivity contribution in [2.45, 2.75) is 56.6 Å². The first-order valence-corrected chi connectivity index (χ1v) is 8.30. The summed E-state index contributed by atoms with van der Waals surface area (Å²) in [6.07, 6.45) is 8.31. The van der Waals surface area contributed by atoms with Crippen LogP contribution in [0.3, 0.4) is 0 Å². The molecule has 1 aliphatic carbocycles. The second-order valence-corrected chi connectivity index (χ2v) is 6.63. The van der Waals surface area contributed by atoms with Gasteiger partial charge in [-0.2, -0.15) is 0 Å². The molecule has 116 valence electrons. The smallest absolute Gasteiger partial charge is 0.127 e. The molecule has 21 heavy (non-hydrogen) atoms. The lowest BCUT2D eigenvalue weighted by Crippen LogP contribution is -2.44. The number of ether oxygens (including phenoxy) is 1. The molecule has 3 rings (SSSR count). The molecular weight excluding hydrogens is 265 g/mol. The molecule has 0 radical (unpaired) electrons. The van der Waals surface area contributed by atoms with E-state index in [4.69, 9.17) is 4.74 Å². The Morgan fingerprint density at radius 2 is 2.00 bits per heavy atom. The first kappa shape index (κ1) is 15.0. The van der Waals surface area contributed by atoms with Crippen molar-refractivity contribution in [1.29, 1.82) is 0 Å². The Kier molecular flexibility index (Phi) is 4.60. The van der Waals surface area contributed by atoms with Crippen LogP contribution in [-0.4, -0.2) is 19.3 Å². The van der Waals surface area contributed by atoms with Gasteiger partial charge in [0.2, 0.25) is 0 Å². The highest BCUT2D eigenvalue weighted by Crippen LogP contribution is 2.44. The Balaban J connectivity index is 1.79. The third kappa shape index (κ3) is 3.14. The van der Waals surface area contributed by atoms with E-state index < -0.39 is 0 Å². The Morgan fingerprint density at radius 3 is 2.71 bits per heavy atom. The highest BCUT2D eigenvalue weighted by Gasteiger charge is 2.41. The summed E-state index contributed by atoms with van der Waals surface area (Å²) >= 11 is 0. The fourth-order valence-corrected chi connectivity index (χ4v) is 4.27. The molecular formula is C18H26FNO. The lowest BCUT2D eigenvalue weighted by molar-refractivity contribution is -0.122. The van der Waals surface area contributed by atoms with Gasteiger partial charge >= 0.3 is 0 Å². The average Bonchev–Trinajstić information content (AvgIpc) is 2.51. The van der Waals surface area contributed by atoms with E-state index in [9.17, 15) is 4.39 Å². The number of benzene rings is 1. The third-order valence-corrected chi connectivity index (χ3v) is 5.32. The fourth-order valence-electron chi connectivity index (χ4n) is 4.27. The van der Waals surface area contributed by atoms with Crippen molar-refractivity contribution < 1.29 is 9.13 Å². The minimum atomic E-state index is -0.0963. The molecule has 2 fully saturated rings. The Labute approximate surface area is 127 Å². The molecule has 0 aromatic heterocycles. The first-order valence-electron chi connectivity index (χ1n) is 8.30. The van der Waals surface area contributed by atoms with Crippen molar-refractivity contribution in [2.75, 3.05) is 13.7 Å². The summed E-state index contributed by atoms with van der Waals surface area (Å²) in [6.45, 7) is 0.817. The molecule has 2 aliphatic rings. The predicted octanol–water partition coefficient (Wildman–Crippen LogP) is 4.22. The Hall–Kier alpha value is -0.930. The molecule has 1 saturated heterocycles. The molecule has 2 atom stereocenters. The van der Waals surface area contributed by atoms with E-state index in [0.717, 1.165) is 25.0 Å². The molecule has 1 heterocycles. The van der Waals surface area contributed by atoms with Gasteiger partial charge in [-0.05, 0) is 44.7 Å². The van der Waals surface area contributed by atoms with Crippen LogP contribution in [0.1, 0.15) is 56.6 Å². The van der Waals surface area contributed by atoms with Gasteiger partial charge in [-0.1, -0.05) is 37.5 Å². The Morgan fingerprint density at radius 1 is 1.24 bits per heavy atom.